The van der Waals surface area contributed by atoms with Crippen molar-refractivity contribution in [2.24, 2.45) is 0 Å². The molecule has 0 amide bonds. The minimum absolute atomic E-state index is 0.108. The van der Waals surface area contributed by atoms with E-state index in [1.54, 1.807) is 18.2 Å². The molecule has 0 saturated heterocycles. The number of carboxylic acid groups (broad SMARTS) is 2. The van der Waals surface area contributed by atoms with Crippen LogP contribution in [0.25, 0.3) is 0 Å². The molecule has 4 heteroatoms. The average Bonchev–Trinajstić information content (AvgIpc) is 2.20. The van der Waals surface area contributed by atoms with Gasteiger partial charge in [-0.1, -0.05) is 6.07 Å². The Hall–Kier alpha value is -1.84. The van der Waals surface area contributed by atoms with Crippen molar-refractivity contribution in [1.29, 1.82) is 0 Å². The van der Waals surface area contributed by atoms with E-state index in [9.17, 15) is 9.59 Å². The van der Waals surface area contributed by atoms with Crippen LogP contribution in [-0.2, 0) is 11.2 Å². The zero-order valence-electron chi connectivity index (χ0n) is 9.06. The number of hydrogen-bond acceptors (Lipinski definition) is 2. The Balaban J connectivity index is 2.74. The lowest BCUT2D eigenvalue weighted by Crippen LogP contribution is -2.01. The molecule has 4 nitrogen and oxygen atoms in total. The SMILES string of the molecule is Cc1ccc(C(=O)O)cc1CCCC(=O)O. The van der Waals surface area contributed by atoms with E-state index in [2.05, 4.69) is 0 Å². The second-order valence-corrected chi connectivity index (χ2v) is 3.69. The lowest BCUT2D eigenvalue weighted by Gasteiger charge is -2.06. The van der Waals surface area contributed by atoms with Crippen molar-refractivity contribution in [2.75, 3.05) is 0 Å². The molecule has 0 bridgehead atoms. The number of aliphatic carboxylic acids is 1. The summed E-state index contributed by atoms with van der Waals surface area (Å²) < 4.78 is 0. The van der Waals surface area contributed by atoms with Gasteiger partial charge in [0.25, 0.3) is 0 Å². The van der Waals surface area contributed by atoms with Crippen LogP contribution >= 0.6 is 0 Å². The average molecular weight is 222 g/mol. The highest BCUT2D eigenvalue weighted by atomic mass is 16.4. The van der Waals surface area contributed by atoms with Gasteiger partial charge in [0.05, 0.1) is 5.56 Å². The quantitative estimate of drug-likeness (QED) is 0.800. The Kier molecular flexibility index (Phi) is 4.05. The molecule has 1 aromatic carbocycles. The normalized spacial score (nSPS) is 10.1. The van der Waals surface area contributed by atoms with Gasteiger partial charge in [0, 0.05) is 6.42 Å². The lowest BCUT2D eigenvalue weighted by molar-refractivity contribution is -0.137. The Morgan fingerprint density at radius 2 is 1.94 bits per heavy atom. The van der Waals surface area contributed by atoms with Crippen LogP contribution < -0.4 is 0 Å². The Morgan fingerprint density at radius 1 is 1.25 bits per heavy atom. The van der Waals surface area contributed by atoms with Crippen molar-refractivity contribution < 1.29 is 19.8 Å². The minimum Gasteiger partial charge on any atom is -0.481 e. The molecule has 0 unspecified atom stereocenters. The van der Waals surface area contributed by atoms with Crippen LogP contribution in [0.3, 0.4) is 0 Å². The monoisotopic (exact) mass is 222 g/mol. The van der Waals surface area contributed by atoms with Crippen LogP contribution in [0, 0.1) is 6.92 Å². The zero-order valence-corrected chi connectivity index (χ0v) is 9.06. The fourth-order valence-corrected chi connectivity index (χ4v) is 1.50. The van der Waals surface area contributed by atoms with Crippen molar-refractivity contribution in [3.8, 4) is 0 Å². The van der Waals surface area contributed by atoms with Crippen molar-refractivity contribution in [3.63, 3.8) is 0 Å². The summed E-state index contributed by atoms with van der Waals surface area (Å²) >= 11 is 0. The van der Waals surface area contributed by atoms with E-state index < -0.39 is 11.9 Å². The molecule has 16 heavy (non-hydrogen) atoms. The first kappa shape index (κ1) is 12.2. The van der Waals surface area contributed by atoms with Crippen LogP contribution in [0.1, 0.15) is 34.3 Å². The predicted octanol–water partition coefficient (Wildman–Crippen LogP) is 2.10. The Labute approximate surface area is 93.5 Å². The maximum absolute atomic E-state index is 10.8. The largest absolute Gasteiger partial charge is 0.481 e. The summed E-state index contributed by atoms with van der Waals surface area (Å²) in [5.74, 6) is -1.79. The Morgan fingerprint density at radius 3 is 2.50 bits per heavy atom. The third-order valence-corrected chi connectivity index (χ3v) is 2.43. The van der Waals surface area contributed by atoms with Crippen LogP contribution in [-0.4, -0.2) is 22.2 Å². The fraction of sp³-hybridized carbons (Fsp3) is 0.333. The van der Waals surface area contributed by atoms with Crippen LogP contribution in [0.15, 0.2) is 18.2 Å². The smallest absolute Gasteiger partial charge is 0.335 e. The third-order valence-electron chi connectivity index (χ3n) is 2.43. The molecule has 0 radical (unpaired) electrons. The number of aryl methyl sites for hydroxylation is 2. The highest BCUT2D eigenvalue weighted by Crippen LogP contribution is 2.14. The summed E-state index contributed by atoms with van der Waals surface area (Å²) in [5.41, 5.74) is 2.15. The van der Waals surface area contributed by atoms with Crippen molar-refractivity contribution >= 4 is 11.9 Å². The standard InChI is InChI=1S/C12H14O4/c1-8-5-6-10(12(15)16)7-9(8)3-2-4-11(13)14/h5-7H,2-4H2,1H3,(H,13,14)(H,15,16). The Bertz CT molecular complexity index is 409. The highest BCUT2D eigenvalue weighted by molar-refractivity contribution is 5.87. The topological polar surface area (TPSA) is 74.6 Å². The molecule has 0 heterocycles. The molecular formula is C12H14O4. The maximum Gasteiger partial charge on any atom is 0.335 e. The molecule has 0 spiro atoms. The van der Waals surface area contributed by atoms with Gasteiger partial charge in [-0.15, -0.1) is 0 Å². The zero-order chi connectivity index (χ0) is 12.1. The molecule has 0 atom stereocenters. The maximum atomic E-state index is 10.8. The van der Waals surface area contributed by atoms with Crippen molar-refractivity contribution in [1.82, 2.24) is 0 Å². The van der Waals surface area contributed by atoms with E-state index >= 15 is 0 Å². The van der Waals surface area contributed by atoms with E-state index in [1.807, 2.05) is 6.92 Å². The summed E-state index contributed by atoms with van der Waals surface area (Å²) in [7, 11) is 0. The van der Waals surface area contributed by atoms with E-state index in [0.29, 0.717) is 12.8 Å². The second-order valence-electron chi connectivity index (χ2n) is 3.69. The summed E-state index contributed by atoms with van der Waals surface area (Å²) in [6.07, 6.45) is 1.23. The number of rotatable bonds is 5. The molecule has 0 saturated carbocycles. The van der Waals surface area contributed by atoms with Crippen LogP contribution in [0.5, 0.6) is 0 Å². The van der Waals surface area contributed by atoms with Gasteiger partial charge < -0.3 is 10.2 Å². The van der Waals surface area contributed by atoms with Gasteiger partial charge >= 0.3 is 11.9 Å². The molecule has 0 aliphatic carbocycles. The fourth-order valence-electron chi connectivity index (χ4n) is 1.50. The van der Waals surface area contributed by atoms with Gasteiger partial charge in [-0.2, -0.15) is 0 Å². The molecule has 0 fully saturated rings. The predicted molar refractivity (Wildman–Crippen MR) is 58.7 cm³/mol. The molecule has 0 aromatic heterocycles. The van der Waals surface area contributed by atoms with Crippen molar-refractivity contribution in [2.45, 2.75) is 26.2 Å². The number of aromatic carboxylic acids is 1. The van der Waals surface area contributed by atoms with Gasteiger partial charge in [-0.3, -0.25) is 4.79 Å². The number of hydrogen-bond donors (Lipinski definition) is 2. The summed E-state index contributed by atoms with van der Waals surface area (Å²) in [5, 5.41) is 17.3. The molecule has 86 valence electrons. The molecule has 1 aromatic rings. The molecule has 2 N–H and O–H groups in total. The first-order valence-electron chi connectivity index (χ1n) is 5.05. The van der Waals surface area contributed by atoms with E-state index in [-0.39, 0.29) is 12.0 Å². The lowest BCUT2D eigenvalue weighted by atomic mass is 10.00. The summed E-state index contributed by atoms with van der Waals surface area (Å²) in [4.78, 5) is 21.1. The first-order chi connectivity index (χ1) is 7.50. The number of carbonyl (C=O) groups is 2. The van der Waals surface area contributed by atoms with Gasteiger partial charge in [-0.25, -0.2) is 4.79 Å². The number of benzene rings is 1. The van der Waals surface area contributed by atoms with Gasteiger partial charge in [0.1, 0.15) is 0 Å². The van der Waals surface area contributed by atoms with Gasteiger partial charge in [0.15, 0.2) is 0 Å². The third kappa shape index (κ3) is 3.38. The second kappa shape index (κ2) is 5.30. The van der Waals surface area contributed by atoms with E-state index in [4.69, 9.17) is 10.2 Å². The summed E-state index contributed by atoms with van der Waals surface area (Å²) in [6.45, 7) is 1.89. The van der Waals surface area contributed by atoms with E-state index in [0.717, 1.165) is 11.1 Å². The molecular weight excluding hydrogens is 208 g/mol. The molecule has 1 rings (SSSR count). The van der Waals surface area contributed by atoms with Gasteiger partial charge in [0.2, 0.25) is 0 Å². The highest BCUT2D eigenvalue weighted by Gasteiger charge is 2.06. The van der Waals surface area contributed by atoms with Crippen LogP contribution in [0.4, 0.5) is 0 Å². The number of carboxylic acids is 2. The molecule has 0 aliphatic rings. The summed E-state index contributed by atoms with van der Waals surface area (Å²) in [6, 6.07) is 4.91. The van der Waals surface area contributed by atoms with Crippen molar-refractivity contribution in [3.05, 3.63) is 34.9 Å². The minimum atomic E-state index is -0.959. The first-order valence-corrected chi connectivity index (χ1v) is 5.05. The van der Waals surface area contributed by atoms with Crippen LogP contribution in [0.2, 0.25) is 0 Å². The molecule has 0 aliphatic heterocycles. The van der Waals surface area contributed by atoms with Gasteiger partial charge in [-0.05, 0) is 43.0 Å². The van der Waals surface area contributed by atoms with E-state index in [1.165, 1.54) is 0 Å².